The molecule has 0 N–H and O–H groups in total. The molecule has 4 heteroatoms. The minimum absolute atomic E-state index is 0.0604. The Kier molecular flexibility index (Phi) is 8.57. The van der Waals surface area contributed by atoms with E-state index in [1.165, 1.54) is 60.7 Å². The second-order valence-electron chi connectivity index (χ2n) is 18.9. The Bertz CT molecular complexity index is 3680. The van der Waals surface area contributed by atoms with E-state index < -0.39 is 0 Å². The van der Waals surface area contributed by atoms with Crippen LogP contribution in [0.3, 0.4) is 0 Å². The van der Waals surface area contributed by atoms with Gasteiger partial charge in [-0.3, -0.25) is 4.90 Å². The van der Waals surface area contributed by atoms with Crippen LogP contribution in [0.25, 0.3) is 77.0 Å². The van der Waals surface area contributed by atoms with Gasteiger partial charge in [0.1, 0.15) is 5.58 Å². The van der Waals surface area contributed by atoms with Crippen LogP contribution in [-0.4, -0.2) is 6.85 Å². The van der Waals surface area contributed by atoms with Crippen molar-refractivity contribution in [2.24, 2.45) is 0 Å². The lowest BCUT2D eigenvalue weighted by atomic mass is 9.43. The van der Waals surface area contributed by atoms with Gasteiger partial charge in [0.25, 0.3) is 0 Å². The van der Waals surface area contributed by atoms with Crippen molar-refractivity contribution in [3.8, 4) is 44.5 Å². The van der Waals surface area contributed by atoms with Crippen molar-refractivity contribution in [1.82, 2.24) is 0 Å². The molecule has 13 rings (SSSR count). The SMILES string of the molecule is CC(C)(C)c1ccc(N2c3cc(-c4ccccc4)cc4c3B(c3c2oc2cc5ccccc5cc32)N(c2ccc(-c3ccccc3)cc2)c2cc3ccccc3cc2-4)c(-c2ccccc2)c1. The largest absolute Gasteiger partial charge is 0.440 e. The molecule has 2 aliphatic rings. The summed E-state index contributed by atoms with van der Waals surface area (Å²) in [6.07, 6.45) is 0. The molecule has 0 radical (unpaired) electrons. The monoisotopic (exact) mass is 844 g/mol. The van der Waals surface area contributed by atoms with Gasteiger partial charge in [0.15, 0.2) is 0 Å². The molecular formula is C62H45BN2O. The molecule has 0 fully saturated rings. The first kappa shape index (κ1) is 38.4. The van der Waals surface area contributed by atoms with Crippen LogP contribution in [0.1, 0.15) is 26.3 Å². The van der Waals surface area contributed by atoms with E-state index in [0.29, 0.717) is 0 Å². The maximum atomic E-state index is 7.47. The zero-order valence-electron chi connectivity index (χ0n) is 37.2. The summed E-state index contributed by atoms with van der Waals surface area (Å²) in [6, 6.07) is 80.4. The third-order valence-corrected chi connectivity index (χ3v) is 13.9. The smallest absolute Gasteiger partial charge is 0.337 e. The Hall–Kier alpha value is -8.08. The quantitative estimate of drug-likeness (QED) is 0.161. The Morgan fingerprint density at radius 1 is 0.394 bits per heavy atom. The van der Waals surface area contributed by atoms with E-state index in [1.54, 1.807) is 0 Å². The van der Waals surface area contributed by atoms with Gasteiger partial charge in [-0.1, -0.05) is 178 Å². The predicted octanol–water partition coefficient (Wildman–Crippen LogP) is 15.7. The van der Waals surface area contributed by atoms with E-state index in [0.717, 1.165) is 61.5 Å². The van der Waals surface area contributed by atoms with Gasteiger partial charge in [-0.15, -0.1) is 0 Å². The molecule has 3 nitrogen and oxygen atoms in total. The summed E-state index contributed by atoms with van der Waals surface area (Å²) in [5.74, 6) is 0.838. The van der Waals surface area contributed by atoms with Gasteiger partial charge in [-0.05, 0) is 132 Å². The first-order chi connectivity index (χ1) is 32.4. The van der Waals surface area contributed by atoms with E-state index >= 15 is 0 Å². The molecule has 312 valence electrons. The van der Waals surface area contributed by atoms with Gasteiger partial charge in [0.05, 0.1) is 5.69 Å². The van der Waals surface area contributed by atoms with Crippen LogP contribution in [0.15, 0.2) is 223 Å². The highest BCUT2D eigenvalue weighted by Gasteiger charge is 2.48. The maximum absolute atomic E-state index is 7.47. The third-order valence-electron chi connectivity index (χ3n) is 13.9. The van der Waals surface area contributed by atoms with Crippen molar-refractivity contribution in [2.45, 2.75) is 26.2 Å². The standard InChI is InChI=1S/C62H45BN2O/c1-62(2,3)49-29-32-55(51(39-49)43-21-11-6-12-22-43)64-57-37-48(41-19-9-5-10-20-41)35-53-52-33-44-23-13-15-25-46(44)36-56(52)65(50-30-27-42(28-31-50)40-17-7-4-8-18-40)63(59(53)57)60-54-34-45-24-14-16-26-47(45)38-58(54)66-61(60)64/h4-39H,1-3H3. The first-order valence-corrected chi connectivity index (χ1v) is 23.0. The topological polar surface area (TPSA) is 19.6 Å². The summed E-state index contributed by atoms with van der Waals surface area (Å²) in [7, 11) is 0. The summed E-state index contributed by atoms with van der Waals surface area (Å²) < 4.78 is 7.47. The molecule has 2 aliphatic heterocycles. The Balaban J connectivity index is 1.18. The minimum atomic E-state index is -0.237. The zero-order chi connectivity index (χ0) is 44.1. The van der Waals surface area contributed by atoms with E-state index in [2.05, 4.69) is 249 Å². The number of rotatable bonds is 5. The molecule has 0 amide bonds. The highest BCUT2D eigenvalue weighted by molar-refractivity contribution is 6.95. The predicted molar refractivity (Wildman–Crippen MR) is 280 cm³/mol. The lowest BCUT2D eigenvalue weighted by Crippen LogP contribution is -2.61. The fraction of sp³-hybridized carbons (Fsp3) is 0.0645. The summed E-state index contributed by atoms with van der Waals surface area (Å²) in [6.45, 7) is 6.66. The van der Waals surface area contributed by atoms with Crippen molar-refractivity contribution >= 4 is 78.9 Å². The molecule has 3 heterocycles. The van der Waals surface area contributed by atoms with Crippen LogP contribution in [0, 0.1) is 0 Å². The molecule has 0 spiro atoms. The molecule has 0 saturated carbocycles. The molecule has 0 bridgehead atoms. The Morgan fingerprint density at radius 3 is 1.61 bits per heavy atom. The van der Waals surface area contributed by atoms with Crippen molar-refractivity contribution in [3.05, 3.63) is 224 Å². The summed E-state index contributed by atoms with van der Waals surface area (Å²) in [5, 5.41) is 5.87. The van der Waals surface area contributed by atoms with E-state index in [4.69, 9.17) is 4.42 Å². The molecule has 0 unspecified atom stereocenters. The fourth-order valence-electron chi connectivity index (χ4n) is 10.7. The number of nitrogens with zero attached hydrogens (tertiary/aromatic N) is 2. The Labute approximate surface area is 385 Å². The van der Waals surface area contributed by atoms with Gasteiger partial charge >= 0.3 is 6.85 Å². The van der Waals surface area contributed by atoms with Gasteiger partial charge in [-0.25, -0.2) is 0 Å². The van der Waals surface area contributed by atoms with Crippen LogP contribution in [0.2, 0.25) is 0 Å². The van der Waals surface area contributed by atoms with E-state index in [1.807, 2.05) is 0 Å². The van der Waals surface area contributed by atoms with Crippen molar-refractivity contribution < 1.29 is 4.42 Å². The number of hydrogen-bond acceptors (Lipinski definition) is 3. The molecule has 66 heavy (non-hydrogen) atoms. The van der Waals surface area contributed by atoms with E-state index in [-0.39, 0.29) is 12.3 Å². The number of furan rings is 1. The van der Waals surface area contributed by atoms with Gasteiger partial charge in [0, 0.05) is 39.0 Å². The summed E-state index contributed by atoms with van der Waals surface area (Å²) >= 11 is 0. The third kappa shape index (κ3) is 6.05. The average Bonchev–Trinajstić information content (AvgIpc) is 3.73. The van der Waals surface area contributed by atoms with Crippen molar-refractivity contribution in [3.63, 3.8) is 0 Å². The lowest BCUT2D eigenvalue weighted by molar-refractivity contribution is 0.590. The minimum Gasteiger partial charge on any atom is -0.440 e. The van der Waals surface area contributed by atoms with Gasteiger partial charge < -0.3 is 9.23 Å². The molecule has 1 aromatic heterocycles. The van der Waals surface area contributed by atoms with Crippen LogP contribution >= 0.6 is 0 Å². The number of anilines is 5. The number of benzene rings is 10. The molecular weight excluding hydrogens is 800 g/mol. The van der Waals surface area contributed by atoms with Crippen LogP contribution in [0.4, 0.5) is 28.6 Å². The van der Waals surface area contributed by atoms with Crippen molar-refractivity contribution in [1.29, 1.82) is 0 Å². The number of fused-ring (bicyclic) bond motifs is 8. The van der Waals surface area contributed by atoms with Crippen LogP contribution in [0.5, 0.6) is 0 Å². The van der Waals surface area contributed by atoms with Crippen LogP contribution < -0.4 is 20.6 Å². The maximum Gasteiger partial charge on any atom is 0.337 e. The normalized spacial score (nSPS) is 13.0. The molecule has 0 aliphatic carbocycles. The van der Waals surface area contributed by atoms with Crippen molar-refractivity contribution in [2.75, 3.05) is 9.71 Å². The first-order valence-electron chi connectivity index (χ1n) is 23.0. The average molecular weight is 845 g/mol. The zero-order valence-corrected chi connectivity index (χ0v) is 37.2. The molecule has 10 aromatic carbocycles. The van der Waals surface area contributed by atoms with E-state index in [9.17, 15) is 0 Å². The second-order valence-corrected chi connectivity index (χ2v) is 18.9. The van der Waals surface area contributed by atoms with Gasteiger partial charge in [0.2, 0.25) is 5.88 Å². The number of hydrogen-bond donors (Lipinski definition) is 0. The highest BCUT2D eigenvalue weighted by Crippen LogP contribution is 2.52. The lowest BCUT2D eigenvalue weighted by Gasteiger charge is -2.44. The van der Waals surface area contributed by atoms with Gasteiger partial charge in [-0.2, -0.15) is 0 Å². The fourth-order valence-corrected chi connectivity index (χ4v) is 10.7. The second kappa shape index (κ2) is 14.7. The highest BCUT2D eigenvalue weighted by atomic mass is 16.4. The molecule has 0 saturated heterocycles. The molecule has 0 atom stereocenters. The van der Waals surface area contributed by atoms with Crippen LogP contribution in [-0.2, 0) is 5.41 Å². The molecule has 11 aromatic rings. The summed E-state index contributed by atoms with van der Waals surface area (Å²) in [5.41, 5.74) is 18.4. The Morgan fingerprint density at radius 2 is 0.955 bits per heavy atom. The summed E-state index contributed by atoms with van der Waals surface area (Å²) in [4.78, 5) is 5.06.